The predicted molar refractivity (Wildman–Crippen MR) is 139 cm³/mol. The second-order valence-corrected chi connectivity index (χ2v) is 14.3. The molecule has 1 aliphatic heterocycles. The Morgan fingerprint density at radius 3 is 2.31 bits per heavy atom. The Kier molecular flexibility index (Phi) is 6.42. The predicted octanol–water partition coefficient (Wildman–Crippen LogP) is 6.70. The van der Waals surface area contributed by atoms with Crippen LogP contribution >= 0.6 is 0 Å². The Morgan fingerprint density at radius 1 is 0.943 bits per heavy atom. The first kappa shape index (κ1) is 25.9. The SMILES string of the molecule is CC(C)C(C)[C@H]1OC(C)(C)O[C@@H]1[C@@H](C)[C@H]1CC(=O)C2=C3CC[C@H]4C[C@@H](O)CC[C@]4(C)[C@H]3CC[C@@]21C. The fraction of sp³-hybridized carbons (Fsp3) is 0.903. The number of aliphatic hydroxyl groups excluding tert-OH is 1. The monoisotopic (exact) mass is 486 g/mol. The number of allylic oxidation sites excluding steroid dienone is 2. The third-order valence-electron chi connectivity index (χ3n) is 11.7. The van der Waals surface area contributed by atoms with E-state index in [0.29, 0.717) is 41.8 Å². The van der Waals surface area contributed by atoms with Gasteiger partial charge in [0.2, 0.25) is 0 Å². The van der Waals surface area contributed by atoms with E-state index in [1.807, 2.05) is 13.8 Å². The van der Waals surface area contributed by atoms with Crippen LogP contribution < -0.4 is 0 Å². The molecule has 3 saturated carbocycles. The van der Waals surface area contributed by atoms with Crippen molar-refractivity contribution >= 4 is 5.78 Å². The number of Topliss-reactive ketones (excluding diaryl/α,β-unsaturated/α-hetero) is 1. The van der Waals surface area contributed by atoms with Crippen molar-refractivity contribution in [2.75, 3.05) is 0 Å². The lowest BCUT2D eigenvalue weighted by Gasteiger charge is -2.56. The van der Waals surface area contributed by atoms with Crippen LogP contribution in [0.2, 0.25) is 0 Å². The molecule has 0 aromatic carbocycles. The lowest BCUT2D eigenvalue weighted by Crippen LogP contribution is -2.49. The summed E-state index contributed by atoms with van der Waals surface area (Å²) >= 11 is 0. The quantitative estimate of drug-likeness (QED) is 0.480. The molecule has 0 aromatic heterocycles. The number of hydrogen-bond acceptors (Lipinski definition) is 4. The molecule has 4 nitrogen and oxygen atoms in total. The Labute approximate surface area is 213 Å². The van der Waals surface area contributed by atoms with Crippen molar-refractivity contribution in [1.82, 2.24) is 0 Å². The Morgan fingerprint density at radius 2 is 1.63 bits per heavy atom. The number of carbonyl (C=O) groups excluding carboxylic acids is 1. The van der Waals surface area contributed by atoms with Crippen molar-refractivity contribution in [1.29, 1.82) is 0 Å². The molecule has 0 amide bonds. The highest BCUT2D eigenvalue weighted by molar-refractivity contribution is 6.00. The Bertz CT molecular complexity index is 888. The van der Waals surface area contributed by atoms with Crippen molar-refractivity contribution in [2.24, 2.45) is 46.3 Å². The van der Waals surface area contributed by atoms with Gasteiger partial charge in [0.25, 0.3) is 0 Å². The summed E-state index contributed by atoms with van der Waals surface area (Å²) in [5.74, 6) is 2.45. The van der Waals surface area contributed by atoms with E-state index in [2.05, 4.69) is 41.5 Å². The second-order valence-electron chi connectivity index (χ2n) is 14.3. The van der Waals surface area contributed by atoms with Crippen molar-refractivity contribution in [3.63, 3.8) is 0 Å². The molecular formula is C31H50O4. The zero-order valence-electron chi connectivity index (χ0n) is 23.5. The maximum atomic E-state index is 13.8. The van der Waals surface area contributed by atoms with Gasteiger partial charge in [-0.25, -0.2) is 0 Å². The van der Waals surface area contributed by atoms with E-state index in [-0.39, 0.29) is 35.1 Å². The van der Waals surface area contributed by atoms with Gasteiger partial charge >= 0.3 is 0 Å². The molecule has 5 rings (SSSR count). The van der Waals surface area contributed by atoms with Gasteiger partial charge in [-0.05, 0) is 105 Å². The molecule has 10 atom stereocenters. The van der Waals surface area contributed by atoms with Crippen molar-refractivity contribution in [3.8, 4) is 0 Å². The number of rotatable bonds is 4. The summed E-state index contributed by atoms with van der Waals surface area (Å²) in [6, 6.07) is 0. The van der Waals surface area contributed by atoms with Crippen LogP contribution in [0.15, 0.2) is 11.1 Å². The first-order valence-corrected chi connectivity index (χ1v) is 14.6. The fourth-order valence-electron chi connectivity index (χ4n) is 9.34. The Hall–Kier alpha value is -0.710. The fourth-order valence-corrected chi connectivity index (χ4v) is 9.34. The van der Waals surface area contributed by atoms with E-state index in [1.54, 1.807) is 0 Å². The summed E-state index contributed by atoms with van der Waals surface area (Å²) in [6.45, 7) is 18.1. The molecule has 198 valence electrons. The third-order valence-corrected chi connectivity index (χ3v) is 11.7. The molecule has 0 aromatic rings. The van der Waals surface area contributed by atoms with E-state index in [4.69, 9.17) is 9.47 Å². The molecule has 1 saturated heterocycles. The zero-order chi connectivity index (χ0) is 25.5. The first-order chi connectivity index (χ1) is 16.3. The molecule has 0 bridgehead atoms. The van der Waals surface area contributed by atoms with E-state index in [9.17, 15) is 9.90 Å². The average Bonchev–Trinajstić information content (AvgIpc) is 3.25. The standard InChI is InChI=1S/C31H50O4/c1-17(2)18(3)27-28(35-29(5,6)34-27)19(4)24-16-25(33)26-22-10-9-20-15-21(32)11-13-30(20,7)23(22)12-14-31(24,26)8/h17-21,23-24,27-28,32H,9-16H2,1-8H3/t18?,19-,20-,21-,23-,24+,27+,28+,30-,31+/m0/s1. The van der Waals surface area contributed by atoms with Crippen molar-refractivity contribution < 1.29 is 19.4 Å². The summed E-state index contributed by atoms with van der Waals surface area (Å²) in [6.07, 6.45) is 8.05. The van der Waals surface area contributed by atoms with Gasteiger partial charge in [0.15, 0.2) is 11.6 Å². The zero-order valence-corrected chi connectivity index (χ0v) is 23.5. The van der Waals surface area contributed by atoms with Gasteiger partial charge in [-0.15, -0.1) is 0 Å². The van der Waals surface area contributed by atoms with E-state index in [0.717, 1.165) is 38.5 Å². The van der Waals surface area contributed by atoms with Gasteiger partial charge in [0.1, 0.15) is 0 Å². The van der Waals surface area contributed by atoms with E-state index < -0.39 is 5.79 Å². The van der Waals surface area contributed by atoms with Crippen LogP contribution in [0.25, 0.3) is 0 Å². The van der Waals surface area contributed by atoms with Gasteiger partial charge < -0.3 is 14.6 Å². The van der Waals surface area contributed by atoms with Crippen LogP contribution in [0.3, 0.4) is 0 Å². The molecule has 1 N–H and O–H groups in total. The topological polar surface area (TPSA) is 55.8 Å². The number of aliphatic hydroxyl groups is 1. The maximum absolute atomic E-state index is 13.8. The minimum absolute atomic E-state index is 0.0205. The number of fused-ring (bicyclic) bond motifs is 4. The van der Waals surface area contributed by atoms with Gasteiger partial charge in [0.05, 0.1) is 18.3 Å². The highest BCUT2D eigenvalue weighted by Gasteiger charge is 2.60. The van der Waals surface area contributed by atoms with Gasteiger partial charge in [0, 0.05) is 12.0 Å². The molecule has 35 heavy (non-hydrogen) atoms. The van der Waals surface area contributed by atoms with Crippen molar-refractivity contribution in [3.05, 3.63) is 11.1 Å². The molecule has 5 aliphatic rings. The second kappa shape index (κ2) is 8.67. The van der Waals surface area contributed by atoms with Crippen LogP contribution in [-0.2, 0) is 14.3 Å². The molecule has 4 heteroatoms. The number of hydrogen-bond donors (Lipinski definition) is 1. The molecule has 1 heterocycles. The normalized spacial score (nSPS) is 46.9. The highest BCUT2D eigenvalue weighted by atomic mass is 16.8. The number of ether oxygens (including phenoxy) is 2. The van der Waals surface area contributed by atoms with E-state index >= 15 is 0 Å². The lowest BCUT2D eigenvalue weighted by atomic mass is 9.48. The average molecular weight is 487 g/mol. The summed E-state index contributed by atoms with van der Waals surface area (Å²) in [7, 11) is 0. The summed E-state index contributed by atoms with van der Waals surface area (Å²) in [4.78, 5) is 13.8. The molecule has 4 fully saturated rings. The van der Waals surface area contributed by atoms with Gasteiger partial charge in [-0.1, -0.05) is 47.1 Å². The minimum atomic E-state index is -0.576. The van der Waals surface area contributed by atoms with E-state index in [1.165, 1.54) is 17.6 Å². The van der Waals surface area contributed by atoms with Gasteiger partial charge in [-0.2, -0.15) is 0 Å². The van der Waals surface area contributed by atoms with Crippen LogP contribution in [-0.4, -0.2) is 35.0 Å². The summed E-state index contributed by atoms with van der Waals surface area (Å²) in [5.41, 5.74) is 2.91. The van der Waals surface area contributed by atoms with Crippen molar-refractivity contribution in [2.45, 2.75) is 131 Å². The van der Waals surface area contributed by atoms with Crippen LogP contribution in [0.1, 0.15) is 107 Å². The Balaban J connectivity index is 1.46. The summed E-state index contributed by atoms with van der Waals surface area (Å²) < 4.78 is 13.1. The number of carbonyl (C=O) groups is 1. The highest BCUT2D eigenvalue weighted by Crippen LogP contribution is 2.65. The first-order valence-electron chi connectivity index (χ1n) is 14.6. The smallest absolute Gasteiger partial charge is 0.163 e. The minimum Gasteiger partial charge on any atom is -0.393 e. The number of ketones is 1. The van der Waals surface area contributed by atoms with Crippen LogP contribution in [0.5, 0.6) is 0 Å². The van der Waals surface area contributed by atoms with Crippen LogP contribution in [0, 0.1) is 46.3 Å². The third kappa shape index (κ3) is 4.00. The molecule has 4 aliphatic carbocycles. The summed E-state index contributed by atoms with van der Waals surface area (Å²) in [5, 5.41) is 10.3. The molecule has 0 radical (unpaired) electrons. The largest absolute Gasteiger partial charge is 0.393 e. The molecular weight excluding hydrogens is 436 g/mol. The lowest BCUT2D eigenvalue weighted by molar-refractivity contribution is -0.156. The maximum Gasteiger partial charge on any atom is 0.163 e. The van der Waals surface area contributed by atoms with Gasteiger partial charge in [-0.3, -0.25) is 4.79 Å². The molecule has 0 spiro atoms. The molecule has 1 unspecified atom stereocenters. The van der Waals surface area contributed by atoms with Crippen LogP contribution in [0.4, 0.5) is 0 Å².